The predicted molar refractivity (Wildman–Crippen MR) is 86.2 cm³/mol. The molecular formula is C16H10BrNO4. The number of carbonyl (C=O) groups is 1. The second-order valence-corrected chi connectivity index (χ2v) is 5.55. The summed E-state index contributed by atoms with van der Waals surface area (Å²) < 4.78 is 5.95. The van der Waals surface area contributed by atoms with Gasteiger partial charge in [0.1, 0.15) is 16.9 Å². The van der Waals surface area contributed by atoms with Gasteiger partial charge in [-0.05, 0) is 42.5 Å². The molecule has 2 N–H and O–H groups in total. The van der Waals surface area contributed by atoms with Crippen molar-refractivity contribution < 1.29 is 14.3 Å². The lowest BCUT2D eigenvalue weighted by Gasteiger charge is -2.05. The minimum atomic E-state index is -0.757. The Kier molecular flexibility index (Phi) is 3.68. The molecule has 22 heavy (non-hydrogen) atoms. The number of halogens is 1. The summed E-state index contributed by atoms with van der Waals surface area (Å²) in [6.07, 6.45) is 0. The summed E-state index contributed by atoms with van der Waals surface area (Å²) in [7, 11) is 0. The minimum absolute atomic E-state index is 0.0114. The molecule has 6 heteroatoms. The summed E-state index contributed by atoms with van der Waals surface area (Å²) in [5.74, 6) is -0.561. The summed E-state index contributed by atoms with van der Waals surface area (Å²) in [4.78, 5) is 24.1. The molecule has 110 valence electrons. The van der Waals surface area contributed by atoms with Gasteiger partial charge in [0, 0.05) is 21.6 Å². The summed E-state index contributed by atoms with van der Waals surface area (Å²) in [5, 5.41) is 12.6. The molecule has 0 spiro atoms. The number of phenols is 1. The fraction of sp³-hybridized carbons (Fsp3) is 0. The van der Waals surface area contributed by atoms with E-state index in [1.165, 1.54) is 18.2 Å². The first-order chi connectivity index (χ1) is 10.5. The van der Waals surface area contributed by atoms with E-state index in [2.05, 4.69) is 21.2 Å². The van der Waals surface area contributed by atoms with Crippen molar-refractivity contribution in [2.75, 3.05) is 5.32 Å². The first kappa shape index (κ1) is 14.3. The van der Waals surface area contributed by atoms with Crippen LogP contribution in [0.1, 0.15) is 10.4 Å². The van der Waals surface area contributed by atoms with E-state index in [0.29, 0.717) is 11.1 Å². The molecule has 0 aliphatic carbocycles. The lowest BCUT2D eigenvalue weighted by molar-refractivity contribution is 0.102. The zero-order valence-corrected chi connectivity index (χ0v) is 12.8. The SMILES string of the molecule is O=C(Nc1ccc(Br)cc1)c1cc2ccc(O)cc2oc1=O. The van der Waals surface area contributed by atoms with Crippen molar-refractivity contribution in [2.45, 2.75) is 0 Å². The number of anilines is 1. The summed E-state index contributed by atoms with van der Waals surface area (Å²) in [6.45, 7) is 0. The Bertz CT molecular complexity index is 916. The van der Waals surface area contributed by atoms with Crippen molar-refractivity contribution in [2.24, 2.45) is 0 Å². The highest BCUT2D eigenvalue weighted by Gasteiger charge is 2.14. The lowest BCUT2D eigenvalue weighted by Crippen LogP contribution is -2.20. The van der Waals surface area contributed by atoms with Crippen molar-refractivity contribution in [3.8, 4) is 5.75 Å². The molecule has 3 aromatic rings. The highest BCUT2D eigenvalue weighted by molar-refractivity contribution is 9.10. The largest absolute Gasteiger partial charge is 0.508 e. The van der Waals surface area contributed by atoms with Gasteiger partial charge in [-0.1, -0.05) is 15.9 Å². The topological polar surface area (TPSA) is 79.5 Å². The van der Waals surface area contributed by atoms with Gasteiger partial charge in [0.25, 0.3) is 5.91 Å². The van der Waals surface area contributed by atoms with Crippen LogP contribution in [0.2, 0.25) is 0 Å². The summed E-state index contributed by atoms with van der Waals surface area (Å²) >= 11 is 3.30. The maximum Gasteiger partial charge on any atom is 0.349 e. The third-order valence-electron chi connectivity index (χ3n) is 3.07. The van der Waals surface area contributed by atoms with Crippen LogP contribution in [0.3, 0.4) is 0 Å². The predicted octanol–water partition coefficient (Wildman–Crippen LogP) is 3.51. The summed E-state index contributed by atoms with van der Waals surface area (Å²) in [5.41, 5.74) is -0.0579. The van der Waals surface area contributed by atoms with Crippen molar-refractivity contribution in [1.82, 2.24) is 0 Å². The van der Waals surface area contributed by atoms with Crippen LogP contribution in [0.25, 0.3) is 11.0 Å². The molecule has 0 radical (unpaired) electrons. The number of amides is 1. The molecule has 0 saturated heterocycles. The molecule has 0 aliphatic heterocycles. The zero-order chi connectivity index (χ0) is 15.7. The lowest BCUT2D eigenvalue weighted by atomic mass is 10.1. The van der Waals surface area contributed by atoms with Crippen LogP contribution in [0.15, 0.2) is 62.2 Å². The third kappa shape index (κ3) is 2.87. The van der Waals surface area contributed by atoms with Gasteiger partial charge in [0.15, 0.2) is 0 Å². The van der Waals surface area contributed by atoms with E-state index >= 15 is 0 Å². The molecule has 0 aliphatic rings. The van der Waals surface area contributed by atoms with E-state index in [-0.39, 0.29) is 16.9 Å². The smallest absolute Gasteiger partial charge is 0.349 e. The first-order valence-electron chi connectivity index (χ1n) is 6.37. The van der Waals surface area contributed by atoms with Gasteiger partial charge in [-0.2, -0.15) is 0 Å². The van der Waals surface area contributed by atoms with E-state index in [1.54, 1.807) is 30.3 Å². The molecule has 1 amide bonds. The van der Waals surface area contributed by atoms with E-state index in [0.717, 1.165) is 4.47 Å². The second-order valence-electron chi connectivity index (χ2n) is 4.63. The monoisotopic (exact) mass is 359 g/mol. The Labute approximate surface area is 133 Å². The van der Waals surface area contributed by atoms with Crippen LogP contribution in [0, 0.1) is 0 Å². The van der Waals surface area contributed by atoms with Crippen molar-refractivity contribution in [3.05, 3.63) is 69.0 Å². The second kappa shape index (κ2) is 5.65. The molecule has 3 rings (SSSR count). The molecule has 0 bridgehead atoms. The number of hydrogen-bond acceptors (Lipinski definition) is 4. The van der Waals surface area contributed by atoms with Gasteiger partial charge in [-0.15, -0.1) is 0 Å². The Balaban J connectivity index is 1.96. The maximum atomic E-state index is 12.2. The van der Waals surface area contributed by atoms with E-state index in [9.17, 15) is 14.7 Å². The average molecular weight is 360 g/mol. The van der Waals surface area contributed by atoms with Gasteiger partial charge in [-0.25, -0.2) is 4.79 Å². The van der Waals surface area contributed by atoms with Crippen LogP contribution < -0.4 is 10.9 Å². The van der Waals surface area contributed by atoms with Crippen molar-refractivity contribution >= 4 is 38.5 Å². The van der Waals surface area contributed by atoms with E-state index < -0.39 is 11.5 Å². The molecule has 0 atom stereocenters. The summed E-state index contributed by atoms with van der Waals surface area (Å²) in [6, 6.07) is 12.8. The Morgan fingerprint density at radius 1 is 1.09 bits per heavy atom. The van der Waals surface area contributed by atoms with Crippen LogP contribution >= 0.6 is 15.9 Å². The van der Waals surface area contributed by atoms with E-state index in [4.69, 9.17) is 4.42 Å². The van der Waals surface area contributed by atoms with Crippen molar-refractivity contribution in [3.63, 3.8) is 0 Å². The van der Waals surface area contributed by atoms with Crippen LogP contribution in [-0.4, -0.2) is 11.0 Å². The fourth-order valence-corrected chi connectivity index (χ4v) is 2.25. The van der Waals surface area contributed by atoms with E-state index in [1.807, 2.05) is 0 Å². The highest BCUT2D eigenvalue weighted by Crippen LogP contribution is 2.20. The van der Waals surface area contributed by atoms with Gasteiger partial charge in [0.2, 0.25) is 0 Å². The number of hydrogen-bond donors (Lipinski definition) is 2. The number of benzene rings is 2. The third-order valence-corrected chi connectivity index (χ3v) is 3.59. The molecule has 0 unspecified atom stereocenters. The minimum Gasteiger partial charge on any atom is -0.508 e. The first-order valence-corrected chi connectivity index (χ1v) is 7.16. The molecule has 0 saturated carbocycles. The number of rotatable bonds is 2. The molecule has 1 heterocycles. The van der Waals surface area contributed by atoms with Crippen LogP contribution in [0.5, 0.6) is 5.75 Å². The standard InChI is InChI=1S/C16H10BrNO4/c17-10-2-4-11(5-3-10)18-15(20)13-7-9-1-6-12(19)8-14(9)22-16(13)21/h1-8,19H,(H,18,20). The fourth-order valence-electron chi connectivity index (χ4n) is 1.99. The normalized spacial score (nSPS) is 10.6. The Morgan fingerprint density at radius 2 is 1.82 bits per heavy atom. The average Bonchev–Trinajstić information content (AvgIpc) is 2.48. The van der Waals surface area contributed by atoms with Gasteiger partial charge in [-0.3, -0.25) is 4.79 Å². The number of nitrogens with one attached hydrogen (secondary N) is 1. The number of aromatic hydroxyl groups is 1. The maximum absolute atomic E-state index is 12.2. The van der Waals surface area contributed by atoms with Gasteiger partial charge >= 0.3 is 5.63 Å². The van der Waals surface area contributed by atoms with Gasteiger partial charge < -0.3 is 14.8 Å². The quantitative estimate of drug-likeness (QED) is 0.686. The Morgan fingerprint density at radius 3 is 2.55 bits per heavy atom. The van der Waals surface area contributed by atoms with Crippen molar-refractivity contribution in [1.29, 1.82) is 0 Å². The van der Waals surface area contributed by atoms with Crippen LogP contribution in [0.4, 0.5) is 5.69 Å². The highest BCUT2D eigenvalue weighted by atomic mass is 79.9. The number of carbonyl (C=O) groups excluding carboxylic acids is 1. The molecule has 5 nitrogen and oxygen atoms in total. The number of fused-ring (bicyclic) bond motifs is 1. The van der Waals surface area contributed by atoms with Gasteiger partial charge in [0.05, 0.1) is 0 Å². The van der Waals surface area contributed by atoms with Crippen LogP contribution in [-0.2, 0) is 0 Å². The number of phenolic OH excluding ortho intramolecular Hbond substituents is 1. The molecule has 0 fully saturated rings. The molecule has 1 aromatic heterocycles. The zero-order valence-electron chi connectivity index (χ0n) is 11.2. The molecular weight excluding hydrogens is 350 g/mol. The Hall–Kier alpha value is -2.60. The molecule has 2 aromatic carbocycles.